The van der Waals surface area contributed by atoms with Crippen LogP contribution in [0.3, 0.4) is 0 Å². The van der Waals surface area contributed by atoms with Crippen molar-refractivity contribution >= 4 is 17.3 Å². The van der Waals surface area contributed by atoms with Crippen LogP contribution in [0.1, 0.15) is 53.9 Å². The van der Waals surface area contributed by atoms with Gasteiger partial charge < -0.3 is 10.2 Å². The molecule has 0 aromatic carbocycles. The SMILES string of the molecule is CC(C)CNC(=S)N1CCCC(C(C)(C)C)CC1. The number of nitrogens with zero attached hydrogens (tertiary/aromatic N) is 1. The molecule has 106 valence electrons. The molecule has 3 heteroatoms. The number of rotatable bonds is 2. The Morgan fingerprint density at radius 2 is 1.94 bits per heavy atom. The van der Waals surface area contributed by atoms with Crippen LogP contribution < -0.4 is 5.32 Å². The Balaban J connectivity index is 2.44. The maximum Gasteiger partial charge on any atom is 0.168 e. The van der Waals surface area contributed by atoms with Crippen LogP contribution in [-0.2, 0) is 0 Å². The molecule has 1 atom stereocenters. The summed E-state index contributed by atoms with van der Waals surface area (Å²) in [5, 5.41) is 4.35. The molecule has 1 rings (SSSR count). The molecule has 0 aliphatic carbocycles. The highest BCUT2D eigenvalue weighted by Gasteiger charge is 2.27. The van der Waals surface area contributed by atoms with E-state index in [4.69, 9.17) is 12.2 Å². The number of likely N-dealkylation sites (tertiary alicyclic amines) is 1. The Morgan fingerprint density at radius 1 is 1.28 bits per heavy atom. The van der Waals surface area contributed by atoms with Crippen LogP contribution in [0.25, 0.3) is 0 Å². The van der Waals surface area contributed by atoms with E-state index >= 15 is 0 Å². The highest BCUT2D eigenvalue weighted by Crippen LogP contribution is 2.34. The van der Waals surface area contributed by atoms with Gasteiger partial charge in [-0.15, -0.1) is 0 Å². The molecule has 0 bridgehead atoms. The minimum Gasteiger partial charge on any atom is -0.362 e. The van der Waals surface area contributed by atoms with Crippen molar-refractivity contribution in [3.63, 3.8) is 0 Å². The predicted molar refractivity (Wildman–Crippen MR) is 83.8 cm³/mol. The summed E-state index contributed by atoms with van der Waals surface area (Å²) in [5.41, 5.74) is 0.434. The van der Waals surface area contributed by atoms with Crippen LogP contribution in [0.4, 0.5) is 0 Å². The first-order chi connectivity index (χ1) is 8.30. The Hall–Kier alpha value is -0.310. The molecule has 0 radical (unpaired) electrons. The highest BCUT2D eigenvalue weighted by molar-refractivity contribution is 7.80. The van der Waals surface area contributed by atoms with Gasteiger partial charge in [0.1, 0.15) is 0 Å². The Kier molecular flexibility index (Phi) is 5.90. The van der Waals surface area contributed by atoms with Gasteiger partial charge in [-0.3, -0.25) is 0 Å². The molecule has 1 saturated heterocycles. The Bertz CT molecular complexity index is 268. The molecule has 1 unspecified atom stereocenters. The summed E-state index contributed by atoms with van der Waals surface area (Å²) < 4.78 is 0. The number of nitrogens with one attached hydrogen (secondary N) is 1. The van der Waals surface area contributed by atoms with Gasteiger partial charge in [-0.25, -0.2) is 0 Å². The van der Waals surface area contributed by atoms with Crippen molar-refractivity contribution in [3.8, 4) is 0 Å². The van der Waals surface area contributed by atoms with Crippen LogP contribution in [-0.4, -0.2) is 29.6 Å². The first-order valence-electron chi connectivity index (χ1n) is 7.33. The minimum absolute atomic E-state index is 0.434. The van der Waals surface area contributed by atoms with Gasteiger partial charge in [-0.1, -0.05) is 34.6 Å². The largest absolute Gasteiger partial charge is 0.362 e. The molecule has 0 saturated carbocycles. The molecule has 0 aromatic heterocycles. The van der Waals surface area contributed by atoms with Crippen LogP contribution in [0, 0.1) is 17.3 Å². The number of thiocarbonyl (C=S) groups is 1. The van der Waals surface area contributed by atoms with Gasteiger partial charge in [0, 0.05) is 19.6 Å². The first-order valence-corrected chi connectivity index (χ1v) is 7.74. The van der Waals surface area contributed by atoms with E-state index in [2.05, 4.69) is 44.8 Å². The molecule has 0 amide bonds. The highest BCUT2D eigenvalue weighted by atomic mass is 32.1. The molecule has 18 heavy (non-hydrogen) atoms. The Morgan fingerprint density at radius 3 is 2.50 bits per heavy atom. The fourth-order valence-corrected chi connectivity index (χ4v) is 2.83. The van der Waals surface area contributed by atoms with Crippen LogP contribution >= 0.6 is 12.2 Å². The molecule has 1 aliphatic heterocycles. The van der Waals surface area contributed by atoms with Crippen LogP contribution in [0.5, 0.6) is 0 Å². The quantitative estimate of drug-likeness (QED) is 0.771. The summed E-state index contributed by atoms with van der Waals surface area (Å²) in [7, 11) is 0. The predicted octanol–water partition coefficient (Wildman–Crippen LogP) is 3.67. The molecular weight excluding hydrogens is 240 g/mol. The van der Waals surface area contributed by atoms with Crippen molar-refractivity contribution in [2.45, 2.75) is 53.9 Å². The van der Waals surface area contributed by atoms with Crippen LogP contribution in [0.15, 0.2) is 0 Å². The van der Waals surface area contributed by atoms with E-state index < -0.39 is 0 Å². The third-order valence-electron chi connectivity index (χ3n) is 3.90. The lowest BCUT2D eigenvalue weighted by atomic mass is 9.77. The van der Waals surface area contributed by atoms with Gasteiger partial charge in [0.2, 0.25) is 0 Å². The average molecular weight is 270 g/mol. The third-order valence-corrected chi connectivity index (χ3v) is 4.30. The van der Waals surface area contributed by atoms with Crippen molar-refractivity contribution in [1.82, 2.24) is 10.2 Å². The van der Waals surface area contributed by atoms with E-state index in [1.165, 1.54) is 19.3 Å². The average Bonchev–Trinajstić information content (AvgIpc) is 2.50. The second-order valence-electron chi connectivity index (χ2n) is 7.06. The monoisotopic (exact) mass is 270 g/mol. The van der Waals surface area contributed by atoms with E-state index in [1.807, 2.05) is 0 Å². The lowest BCUT2D eigenvalue weighted by Gasteiger charge is -2.30. The maximum absolute atomic E-state index is 5.50. The van der Waals surface area contributed by atoms with Gasteiger partial charge in [-0.05, 0) is 48.7 Å². The first kappa shape index (κ1) is 15.7. The lowest BCUT2D eigenvalue weighted by Crippen LogP contribution is -2.41. The molecule has 1 N–H and O–H groups in total. The van der Waals surface area contributed by atoms with E-state index in [-0.39, 0.29) is 0 Å². The lowest BCUT2D eigenvalue weighted by molar-refractivity contribution is 0.216. The van der Waals surface area contributed by atoms with E-state index in [0.717, 1.165) is 30.7 Å². The van der Waals surface area contributed by atoms with Crippen molar-refractivity contribution in [2.24, 2.45) is 17.3 Å². The zero-order valence-electron chi connectivity index (χ0n) is 12.8. The molecule has 2 nitrogen and oxygen atoms in total. The van der Waals surface area contributed by atoms with Crippen molar-refractivity contribution < 1.29 is 0 Å². The molecule has 1 aliphatic rings. The molecule has 1 heterocycles. The van der Waals surface area contributed by atoms with Gasteiger partial charge in [-0.2, -0.15) is 0 Å². The summed E-state index contributed by atoms with van der Waals surface area (Å²) in [6.07, 6.45) is 3.88. The van der Waals surface area contributed by atoms with Crippen LogP contribution in [0.2, 0.25) is 0 Å². The number of hydrogen-bond acceptors (Lipinski definition) is 1. The smallest absolute Gasteiger partial charge is 0.168 e. The number of hydrogen-bond donors (Lipinski definition) is 1. The second-order valence-corrected chi connectivity index (χ2v) is 7.45. The van der Waals surface area contributed by atoms with Crippen molar-refractivity contribution in [1.29, 1.82) is 0 Å². The van der Waals surface area contributed by atoms with Gasteiger partial charge in [0.15, 0.2) is 5.11 Å². The van der Waals surface area contributed by atoms with Crippen molar-refractivity contribution in [3.05, 3.63) is 0 Å². The summed E-state index contributed by atoms with van der Waals surface area (Å²) in [5.74, 6) is 1.48. The molecule has 1 fully saturated rings. The standard InChI is InChI=1S/C15H30N2S/c1-12(2)11-16-14(18)17-9-6-7-13(8-10-17)15(3,4)5/h12-13H,6-11H2,1-5H3,(H,16,18). The van der Waals surface area contributed by atoms with E-state index in [0.29, 0.717) is 11.3 Å². The molecule has 0 spiro atoms. The third kappa shape index (κ3) is 5.13. The van der Waals surface area contributed by atoms with Gasteiger partial charge >= 0.3 is 0 Å². The second kappa shape index (κ2) is 6.74. The summed E-state index contributed by atoms with van der Waals surface area (Å²) in [6.45, 7) is 14.7. The Labute approximate surface area is 119 Å². The van der Waals surface area contributed by atoms with E-state index in [9.17, 15) is 0 Å². The topological polar surface area (TPSA) is 15.3 Å². The zero-order valence-corrected chi connectivity index (χ0v) is 13.6. The van der Waals surface area contributed by atoms with Crippen molar-refractivity contribution in [2.75, 3.05) is 19.6 Å². The maximum atomic E-state index is 5.50. The fraction of sp³-hybridized carbons (Fsp3) is 0.933. The molecule has 0 aromatic rings. The fourth-order valence-electron chi connectivity index (χ4n) is 2.57. The molecular formula is C15H30N2S. The normalized spacial score (nSPS) is 21.9. The summed E-state index contributed by atoms with van der Waals surface area (Å²) in [6, 6.07) is 0. The van der Waals surface area contributed by atoms with Gasteiger partial charge in [0.05, 0.1) is 0 Å². The minimum atomic E-state index is 0.434. The van der Waals surface area contributed by atoms with E-state index in [1.54, 1.807) is 0 Å². The van der Waals surface area contributed by atoms with Gasteiger partial charge in [0.25, 0.3) is 0 Å². The summed E-state index contributed by atoms with van der Waals surface area (Å²) >= 11 is 5.50. The summed E-state index contributed by atoms with van der Waals surface area (Å²) in [4.78, 5) is 2.36. The zero-order chi connectivity index (χ0) is 13.8.